The van der Waals surface area contributed by atoms with Gasteiger partial charge in [-0.25, -0.2) is 19.8 Å². The third kappa shape index (κ3) is 3.32. The van der Waals surface area contributed by atoms with Gasteiger partial charge in [-0.2, -0.15) is 9.05 Å². The van der Waals surface area contributed by atoms with Crippen LogP contribution in [0.5, 0.6) is 0 Å². The molecule has 2 aliphatic rings. The number of hydrogen-bond donors (Lipinski definition) is 4. The number of aliphatic hydroxyl groups excluding tert-OH is 1. The van der Waals surface area contributed by atoms with Crippen LogP contribution >= 0.6 is 19.6 Å². The topological polar surface area (TPSA) is 164 Å². The van der Waals surface area contributed by atoms with Crippen LogP contribution in [0.25, 0.3) is 11.2 Å². The van der Waals surface area contributed by atoms with Gasteiger partial charge in [0.1, 0.15) is 25.1 Å². The van der Waals surface area contributed by atoms with Crippen LogP contribution in [0, 0.1) is 0 Å². The lowest BCUT2D eigenvalue weighted by molar-refractivity contribution is -0.0628. The molecule has 2 saturated heterocycles. The number of imidazole rings is 1. The molecule has 11 nitrogen and oxygen atoms in total. The molecule has 2 aromatic heterocycles. The van der Waals surface area contributed by atoms with Crippen molar-refractivity contribution < 1.29 is 23.8 Å². The highest BCUT2D eigenvalue weighted by atomic mass is 32.2. The molecule has 3 aromatic rings. The summed E-state index contributed by atoms with van der Waals surface area (Å²) in [6, 6.07) is 7.30. The van der Waals surface area contributed by atoms with Gasteiger partial charge in [-0.15, -0.1) is 0 Å². The largest absolute Gasteiger partial charge is 0.488 e. The number of anilines is 2. The summed E-state index contributed by atoms with van der Waals surface area (Å²) in [6.07, 6.45) is -2.31. The van der Waals surface area contributed by atoms with Gasteiger partial charge in [0.15, 0.2) is 34.5 Å². The van der Waals surface area contributed by atoms with Crippen molar-refractivity contribution in [3.63, 3.8) is 0 Å². The Kier molecular flexibility index (Phi) is 4.86. The van der Waals surface area contributed by atoms with E-state index < -0.39 is 32.4 Å². The lowest BCUT2D eigenvalue weighted by atomic mass is 10.1. The van der Waals surface area contributed by atoms with E-state index >= 15 is 0 Å². The minimum atomic E-state index is -3.51. The van der Waals surface area contributed by atoms with E-state index in [1.165, 1.54) is 18.1 Å². The van der Waals surface area contributed by atoms with Gasteiger partial charge in [-0.05, 0) is 23.9 Å². The number of hydrogen-bond acceptors (Lipinski definition) is 11. The standard InChI is InChI=1S/C16H17BN6O5PS/c17-29(25)26-5-8-12(28-29)11(24)15(27-8)23-14-10(13(19)20-6-21-14)22-16(23)30-9-4-2-1-3-7(9)18/h1-4,6,8,11-12,15,24-25H,5,18H2,(H2,19,20,21)/q+1/t8-,11-,12-,15-,29?/m1/s1. The lowest BCUT2D eigenvalue weighted by Gasteiger charge is -2.27. The number of para-hydroxylation sites is 1. The Labute approximate surface area is 176 Å². The molecule has 0 bridgehead atoms. The van der Waals surface area contributed by atoms with Crippen molar-refractivity contribution in [2.24, 2.45) is 0 Å². The third-order valence-corrected chi connectivity index (χ3v) is 6.98. The molecular weight excluding hydrogens is 430 g/mol. The molecular formula is C16H17BN6O5PS+. The van der Waals surface area contributed by atoms with E-state index in [-0.39, 0.29) is 12.4 Å². The van der Waals surface area contributed by atoms with Crippen molar-refractivity contribution in [2.75, 3.05) is 18.1 Å². The van der Waals surface area contributed by atoms with Gasteiger partial charge in [-0.3, -0.25) is 4.57 Å². The summed E-state index contributed by atoms with van der Waals surface area (Å²) in [5.41, 5.74) is 13.4. The number of nitrogens with zero attached hydrogens (tertiary/aromatic N) is 4. The van der Waals surface area contributed by atoms with Crippen molar-refractivity contribution in [3.8, 4) is 0 Å². The van der Waals surface area contributed by atoms with E-state index in [4.69, 9.17) is 32.8 Å². The van der Waals surface area contributed by atoms with Gasteiger partial charge in [0.05, 0.1) is 0 Å². The fourth-order valence-electron chi connectivity index (χ4n) is 3.46. The summed E-state index contributed by atoms with van der Waals surface area (Å²) >= 11 is 1.27. The molecule has 0 aliphatic carbocycles. The fraction of sp³-hybridized carbons (Fsp3) is 0.312. The maximum absolute atomic E-state index is 11.0. The van der Waals surface area contributed by atoms with Crippen LogP contribution in [-0.2, 0) is 13.8 Å². The average molecular weight is 447 g/mol. The Hall–Kier alpha value is -1.99. The molecule has 2 radical (unpaired) electrons. The Morgan fingerprint density at radius 3 is 2.87 bits per heavy atom. The summed E-state index contributed by atoms with van der Waals surface area (Å²) < 4.78 is 18.1. The van der Waals surface area contributed by atoms with E-state index in [1.807, 2.05) is 18.2 Å². The van der Waals surface area contributed by atoms with E-state index in [0.717, 1.165) is 4.90 Å². The molecule has 154 valence electrons. The Morgan fingerprint density at radius 2 is 2.07 bits per heavy atom. The van der Waals surface area contributed by atoms with Crippen molar-refractivity contribution in [1.29, 1.82) is 0 Å². The van der Waals surface area contributed by atoms with Crippen molar-refractivity contribution in [3.05, 3.63) is 30.6 Å². The molecule has 6 N–H and O–H groups in total. The first-order chi connectivity index (χ1) is 14.3. The minimum absolute atomic E-state index is 0.0170. The van der Waals surface area contributed by atoms with Crippen LogP contribution in [0.3, 0.4) is 0 Å². The molecule has 30 heavy (non-hydrogen) atoms. The normalized spacial score (nSPS) is 31.1. The minimum Gasteiger partial charge on any atom is -0.398 e. The van der Waals surface area contributed by atoms with E-state index in [2.05, 4.69) is 15.0 Å². The molecule has 5 rings (SSSR count). The second kappa shape index (κ2) is 7.31. The quantitative estimate of drug-likeness (QED) is 0.253. The Balaban J connectivity index is 1.60. The zero-order chi connectivity index (χ0) is 21.0. The highest BCUT2D eigenvalue weighted by Gasteiger charge is 2.57. The molecule has 2 fully saturated rings. The van der Waals surface area contributed by atoms with Crippen LogP contribution in [0.4, 0.5) is 11.5 Å². The molecule has 14 heteroatoms. The van der Waals surface area contributed by atoms with Crippen LogP contribution in [0.15, 0.2) is 40.6 Å². The van der Waals surface area contributed by atoms with Gasteiger partial charge in [-0.1, -0.05) is 12.1 Å². The first kappa shape index (κ1) is 19.9. The maximum Gasteiger partial charge on any atom is 0.488 e. The number of rotatable bonds is 3. The number of nitrogen functional groups attached to an aromatic ring is 2. The van der Waals surface area contributed by atoms with Crippen LogP contribution < -0.4 is 11.5 Å². The van der Waals surface area contributed by atoms with Crippen molar-refractivity contribution in [1.82, 2.24) is 19.5 Å². The smallest absolute Gasteiger partial charge is 0.398 e. The lowest BCUT2D eigenvalue weighted by Crippen LogP contribution is -2.40. The second-order valence-electron chi connectivity index (χ2n) is 6.82. The summed E-state index contributed by atoms with van der Waals surface area (Å²) in [5, 5.41) is 11.4. The van der Waals surface area contributed by atoms with E-state index in [1.54, 1.807) is 10.6 Å². The van der Waals surface area contributed by atoms with E-state index in [0.29, 0.717) is 22.0 Å². The van der Waals surface area contributed by atoms with Crippen molar-refractivity contribution >= 4 is 49.8 Å². The number of benzene rings is 1. The first-order valence-electron chi connectivity index (χ1n) is 8.91. The molecule has 0 saturated carbocycles. The summed E-state index contributed by atoms with van der Waals surface area (Å²) in [5.74, 6) is 0.188. The van der Waals surface area contributed by atoms with Gasteiger partial charge < -0.3 is 21.3 Å². The van der Waals surface area contributed by atoms with Gasteiger partial charge in [0, 0.05) is 10.6 Å². The third-order valence-electron chi connectivity index (χ3n) is 4.85. The van der Waals surface area contributed by atoms with Crippen LogP contribution in [-0.4, -0.2) is 62.0 Å². The maximum atomic E-state index is 11.0. The van der Waals surface area contributed by atoms with Gasteiger partial charge in [0.25, 0.3) is 0 Å². The summed E-state index contributed by atoms with van der Waals surface area (Å²) in [4.78, 5) is 23.5. The zero-order valence-corrected chi connectivity index (χ0v) is 17.1. The number of fused-ring (bicyclic) bond motifs is 2. The Morgan fingerprint density at radius 1 is 1.27 bits per heavy atom. The summed E-state index contributed by atoms with van der Waals surface area (Å²) in [6.45, 7) is -0.0170. The number of aromatic nitrogens is 4. The van der Waals surface area contributed by atoms with Gasteiger partial charge >= 0.3 is 15.4 Å². The molecule has 2 aliphatic heterocycles. The molecule has 0 spiro atoms. The first-order valence-corrected chi connectivity index (χ1v) is 11.4. The van der Waals surface area contributed by atoms with Gasteiger partial charge in [0.2, 0.25) is 0 Å². The van der Waals surface area contributed by atoms with Crippen molar-refractivity contribution in [2.45, 2.75) is 34.6 Å². The molecule has 4 heterocycles. The number of nitrogens with two attached hydrogens (primary N) is 2. The predicted octanol–water partition coefficient (Wildman–Crippen LogP) is 0.654. The van der Waals surface area contributed by atoms with Crippen LogP contribution in [0.1, 0.15) is 6.23 Å². The fourth-order valence-corrected chi connectivity index (χ4v) is 5.45. The SMILES string of the molecule is [B][P+]1(O)OC[C@H]2O[C@@H](n3c(Sc4ccccc4N)nc4c(N)ncnc43)[C@H](O)[C@@H]2O1. The molecule has 0 amide bonds. The molecule has 5 atom stereocenters. The number of aliphatic hydroxyl groups is 1. The number of ether oxygens (including phenoxy) is 1. The monoisotopic (exact) mass is 447 g/mol. The zero-order valence-electron chi connectivity index (χ0n) is 15.4. The predicted molar refractivity (Wildman–Crippen MR) is 110 cm³/mol. The molecule has 1 unspecified atom stereocenters. The van der Waals surface area contributed by atoms with Crippen LogP contribution in [0.2, 0.25) is 0 Å². The second-order valence-corrected chi connectivity index (χ2v) is 9.43. The molecule has 1 aromatic carbocycles. The highest BCUT2D eigenvalue weighted by Crippen LogP contribution is 2.58. The van der Waals surface area contributed by atoms with E-state index in [9.17, 15) is 10.00 Å². The average Bonchev–Trinajstić information content (AvgIpc) is 3.21. The Bertz CT molecular complexity index is 1120. The highest BCUT2D eigenvalue weighted by molar-refractivity contribution is 7.99. The summed E-state index contributed by atoms with van der Waals surface area (Å²) in [7, 11) is 2.09.